The standard InChI is InChI=1S/C26H28N2S/c1-16-4-13-21(25-20-11-9-19(10-12-20)24(16)25)17-5-7-18(8-6-17)22-15-27-26(28-22)23-3-2-14-29-23/h4-8,13,15,19-20,23H,2-3,9-12,14H2,1H3,(H,27,28)/t19?,20?,23-/m1/s1. The number of benzene rings is 2. The van der Waals surface area contributed by atoms with E-state index in [1.54, 1.807) is 11.1 Å². The molecule has 1 saturated heterocycles. The lowest BCUT2D eigenvalue weighted by atomic mass is 9.64. The molecule has 1 saturated carbocycles. The van der Waals surface area contributed by atoms with E-state index < -0.39 is 0 Å². The van der Waals surface area contributed by atoms with Crippen LogP contribution in [0.3, 0.4) is 0 Å². The largest absolute Gasteiger partial charge is 0.341 e. The van der Waals surface area contributed by atoms with Crippen LogP contribution in [0.15, 0.2) is 42.6 Å². The third kappa shape index (κ3) is 2.97. The first kappa shape index (κ1) is 17.8. The summed E-state index contributed by atoms with van der Waals surface area (Å²) >= 11 is 2.03. The van der Waals surface area contributed by atoms with Gasteiger partial charge < -0.3 is 4.98 Å². The highest BCUT2D eigenvalue weighted by atomic mass is 32.2. The number of thioether (sulfide) groups is 1. The Hall–Kier alpha value is -2.00. The van der Waals surface area contributed by atoms with Crippen LogP contribution in [-0.4, -0.2) is 15.7 Å². The van der Waals surface area contributed by atoms with Gasteiger partial charge in [-0.05, 0) is 96.4 Å². The second-order valence-corrected chi connectivity index (χ2v) is 10.4. The molecule has 0 spiro atoms. The van der Waals surface area contributed by atoms with Crippen LogP contribution in [0.1, 0.15) is 78.1 Å². The Morgan fingerprint density at radius 1 is 0.862 bits per heavy atom. The number of rotatable bonds is 3. The number of aromatic amines is 1. The monoisotopic (exact) mass is 400 g/mol. The van der Waals surface area contributed by atoms with E-state index in [-0.39, 0.29) is 0 Å². The molecule has 1 N–H and O–H groups in total. The second-order valence-electron chi connectivity index (χ2n) is 9.07. The van der Waals surface area contributed by atoms with Gasteiger partial charge in [0.1, 0.15) is 5.82 Å². The molecule has 1 aromatic heterocycles. The van der Waals surface area contributed by atoms with Gasteiger partial charge in [0.25, 0.3) is 0 Å². The van der Waals surface area contributed by atoms with Crippen LogP contribution in [0.2, 0.25) is 0 Å². The molecular weight excluding hydrogens is 372 g/mol. The van der Waals surface area contributed by atoms with Gasteiger partial charge >= 0.3 is 0 Å². The molecule has 1 atom stereocenters. The molecule has 7 rings (SSSR count). The van der Waals surface area contributed by atoms with Crippen LogP contribution < -0.4 is 0 Å². The first-order valence-corrected chi connectivity index (χ1v) is 12.2. The van der Waals surface area contributed by atoms with Crippen molar-refractivity contribution in [1.82, 2.24) is 9.97 Å². The highest BCUT2D eigenvalue weighted by Crippen LogP contribution is 2.53. The van der Waals surface area contributed by atoms with Gasteiger partial charge in [-0.15, -0.1) is 0 Å². The van der Waals surface area contributed by atoms with Crippen molar-refractivity contribution in [3.8, 4) is 22.4 Å². The molecule has 0 amide bonds. The number of hydrogen-bond donors (Lipinski definition) is 1. The summed E-state index contributed by atoms with van der Waals surface area (Å²) in [6.07, 6.45) is 10.1. The number of imidazole rings is 1. The van der Waals surface area contributed by atoms with E-state index in [1.165, 1.54) is 66.5 Å². The van der Waals surface area contributed by atoms with E-state index in [9.17, 15) is 0 Å². The van der Waals surface area contributed by atoms with E-state index in [1.807, 2.05) is 18.0 Å². The summed E-state index contributed by atoms with van der Waals surface area (Å²) < 4.78 is 0. The molecule has 3 heteroatoms. The number of fused-ring (bicyclic) bond motifs is 2. The number of nitrogens with zero attached hydrogens (tertiary/aromatic N) is 1. The van der Waals surface area contributed by atoms with Gasteiger partial charge in [0, 0.05) is 0 Å². The molecule has 3 aliphatic carbocycles. The van der Waals surface area contributed by atoms with Crippen molar-refractivity contribution in [2.45, 2.75) is 62.5 Å². The molecule has 2 aromatic carbocycles. The number of nitrogens with one attached hydrogen (secondary N) is 1. The molecule has 1 aliphatic heterocycles. The smallest absolute Gasteiger partial charge is 0.119 e. The van der Waals surface area contributed by atoms with Crippen molar-refractivity contribution in [3.05, 3.63) is 65.1 Å². The molecule has 2 nitrogen and oxygen atoms in total. The van der Waals surface area contributed by atoms with Gasteiger partial charge in [-0.25, -0.2) is 4.98 Å². The van der Waals surface area contributed by atoms with E-state index >= 15 is 0 Å². The fraction of sp³-hybridized carbons (Fsp3) is 0.423. The summed E-state index contributed by atoms with van der Waals surface area (Å²) in [6.45, 7) is 2.31. The third-order valence-electron chi connectivity index (χ3n) is 7.39. The van der Waals surface area contributed by atoms with E-state index in [4.69, 9.17) is 0 Å². The molecule has 4 aliphatic rings. The van der Waals surface area contributed by atoms with Gasteiger partial charge in [-0.1, -0.05) is 36.4 Å². The minimum Gasteiger partial charge on any atom is -0.341 e. The van der Waals surface area contributed by atoms with Gasteiger partial charge in [0.2, 0.25) is 0 Å². The molecule has 0 radical (unpaired) electrons. The zero-order valence-corrected chi connectivity index (χ0v) is 17.9. The zero-order chi connectivity index (χ0) is 19.4. The van der Waals surface area contributed by atoms with Gasteiger partial charge in [-0.3, -0.25) is 0 Å². The van der Waals surface area contributed by atoms with Crippen molar-refractivity contribution in [3.63, 3.8) is 0 Å². The average Bonchev–Trinajstić information content (AvgIpc) is 3.47. The fourth-order valence-corrected chi connectivity index (χ4v) is 7.15. The van der Waals surface area contributed by atoms with Crippen LogP contribution in [0, 0.1) is 6.92 Å². The molecule has 3 aromatic rings. The molecule has 2 heterocycles. The quantitative estimate of drug-likeness (QED) is 0.497. The molecule has 2 fully saturated rings. The molecule has 2 bridgehead atoms. The Morgan fingerprint density at radius 3 is 2.31 bits per heavy atom. The van der Waals surface area contributed by atoms with Crippen LogP contribution in [0.5, 0.6) is 0 Å². The minimum absolute atomic E-state index is 0.553. The Morgan fingerprint density at radius 2 is 1.59 bits per heavy atom. The topological polar surface area (TPSA) is 28.7 Å². The van der Waals surface area contributed by atoms with Gasteiger partial charge in [0.05, 0.1) is 17.1 Å². The third-order valence-corrected chi connectivity index (χ3v) is 8.77. The minimum atomic E-state index is 0.553. The van der Waals surface area contributed by atoms with Gasteiger partial charge in [-0.2, -0.15) is 11.8 Å². The van der Waals surface area contributed by atoms with Crippen molar-refractivity contribution >= 4 is 11.8 Å². The van der Waals surface area contributed by atoms with Crippen molar-refractivity contribution in [2.24, 2.45) is 0 Å². The lowest BCUT2D eigenvalue weighted by Crippen LogP contribution is -2.23. The lowest BCUT2D eigenvalue weighted by Gasteiger charge is -2.40. The predicted molar refractivity (Wildman–Crippen MR) is 123 cm³/mol. The highest BCUT2D eigenvalue weighted by Gasteiger charge is 2.35. The number of aromatic nitrogens is 2. The molecular formula is C26H28N2S. The Labute approximate surface area is 177 Å². The molecule has 29 heavy (non-hydrogen) atoms. The van der Waals surface area contributed by atoms with E-state index in [2.05, 4.69) is 53.3 Å². The normalized spacial score (nSPS) is 25.3. The van der Waals surface area contributed by atoms with Crippen LogP contribution in [0.25, 0.3) is 22.4 Å². The van der Waals surface area contributed by atoms with Gasteiger partial charge in [0.15, 0.2) is 0 Å². The maximum atomic E-state index is 4.67. The molecule has 148 valence electrons. The maximum Gasteiger partial charge on any atom is 0.119 e. The maximum absolute atomic E-state index is 4.67. The number of H-pyrrole nitrogens is 1. The summed E-state index contributed by atoms with van der Waals surface area (Å²) in [5.41, 5.74) is 10.1. The van der Waals surface area contributed by atoms with Crippen molar-refractivity contribution in [1.29, 1.82) is 0 Å². The van der Waals surface area contributed by atoms with E-state index in [0.717, 1.165) is 23.4 Å². The Bertz CT molecular complexity index is 1040. The summed E-state index contributed by atoms with van der Waals surface area (Å²) in [4.78, 5) is 8.25. The Balaban J connectivity index is 1.34. The SMILES string of the molecule is Cc1ccc(-c2ccc(-c3cnc([C@H]4CCCS4)[nH]3)cc2)c2c1C1CCC2CC1. The highest BCUT2D eigenvalue weighted by molar-refractivity contribution is 7.99. The molecule has 0 unspecified atom stereocenters. The lowest BCUT2D eigenvalue weighted by molar-refractivity contribution is 0.358. The van der Waals surface area contributed by atoms with Crippen LogP contribution >= 0.6 is 11.8 Å². The first-order chi connectivity index (χ1) is 14.3. The first-order valence-electron chi connectivity index (χ1n) is 11.2. The summed E-state index contributed by atoms with van der Waals surface area (Å²) in [6, 6.07) is 13.9. The van der Waals surface area contributed by atoms with Crippen molar-refractivity contribution in [2.75, 3.05) is 5.75 Å². The van der Waals surface area contributed by atoms with E-state index in [0.29, 0.717) is 5.25 Å². The summed E-state index contributed by atoms with van der Waals surface area (Å²) in [5, 5.41) is 0.553. The van der Waals surface area contributed by atoms with Crippen molar-refractivity contribution < 1.29 is 0 Å². The second kappa shape index (κ2) is 7.05. The van der Waals surface area contributed by atoms with Crippen LogP contribution in [0.4, 0.5) is 0 Å². The number of hydrogen-bond acceptors (Lipinski definition) is 2. The summed E-state index contributed by atoms with van der Waals surface area (Å²) in [5.74, 6) is 3.97. The Kier molecular flexibility index (Phi) is 4.33. The van der Waals surface area contributed by atoms with Crippen LogP contribution in [-0.2, 0) is 0 Å². The zero-order valence-electron chi connectivity index (χ0n) is 17.1. The predicted octanol–water partition coefficient (Wildman–Crippen LogP) is 7.38. The fourth-order valence-electron chi connectivity index (χ4n) is 5.92. The number of aryl methyl sites for hydroxylation is 1. The summed E-state index contributed by atoms with van der Waals surface area (Å²) in [7, 11) is 0. The average molecular weight is 401 g/mol.